The van der Waals surface area contributed by atoms with Gasteiger partial charge >= 0.3 is 0 Å². The molecule has 0 fully saturated rings. The summed E-state index contributed by atoms with van der Waals surface area (Å²) in [4.78, 5) is 25.0. The largest absolute Gasteiger partial charge is 0.480 e. The second-order valence-corrected chi connectivity index (χ2v) is 6.61. The fourth-order valence-electron chi connectivity index (χ4n) is 2.81. The van der Waals surface area contributed by atoms with Crippen LogP contribution >= 0.6 is 0 Å². The van der Waals surface area contributed by atoms with Crippen molar-refractivity contribution in [1.82, 2.24) is 5.32 Å². The molecular weight excluding hydrogens is 368 g/mol. The zero-order valence-electron chi connectivity index (χ0n) is 16.5. The number of ether oxygens (including phenoxy) is 1. The van der Waals surface area contributed by atoms with E-state index in [1.807, 2.05) is 38.1 Å². The van der Waals surface area contributed by atoms with E-state index >= 15 is 0 Å². The predicted octanol–water partition coefficient (Wildman–Crippen LogP) is 4.31. The van der Waals surface area contributed by atoms with Crippen molar-refractivity contribution in [2.45, 2.75) is 32.9 Å². The minimum Gasteiger partial charge on any atom is -0.480 e. The summed E-state index contributed by atoms with van der Waals surface area (Å²) in [5.41, 5.74) is 1.95. The third kappa shape index (κ3) is 5.48. The zero-order chi connectivity index (χ0) is 20.6. The van der Waals surface area contributed by atoms with Crippen LogP contribution < -0.4 is 15.4 Å². The van der Waals surface area contributed by atoms with Crippen LogP contribution in [0, 0.1) is 6.92 Å². The topological polar surface area (TPSA) is 80.6 Å². The third-order valence-electron chi connectivity index (χ3n) is 4.42. The van der Waals surface area contributed by atoms with E-state index in [0.29, 0.717) is 35.7 Å². The van der Waals surface area contributed by atoms with Crippen LogP contribution in [0.3, 0.4) is 0 Å². The highest BCUT2D eigenvalue weighted by Crippen LogP contribution is 2.20. The summed E-state index contributed by atoms with van der Waals surface area (Å²) in [5, 5.41) is 5.62. The highest BCUT2D eigenvalue weighted by Gasteiger charge is 2.19. The average Bonchev–Trinajstić information content (AvgIpc) is 3.25. The van der Waals surface area contributed by atoms with E-state index in [4.69, 9.17) is 9.15 Å². The molecule has 2 amide bonds. The maximum Gasteiger partial charge on any atom is 0.265 e. The molecule has 1 unspecified atom stereocenters. The predicted molar refractivity (Wildman–Crippen MR) is 111 cm³/mol. The Labute approximate surface area is 169 Å². The molecule has 0 aliphatic rings. The van der Waals surface area contributed by atoms with Crippen LogP contribution in [0.15, 0.2) is 71.3 Å². The zero-order valence-corrected chi connectivity index (χ0v) is 16.5. The minimum absolute atomic E-state index is 0.249. The molecule has 6 nitrogen and oxygen atoms in total. The van der Waals surface area contributed by atoms with Gasteiger partial charge < -0.3 is 19.8 Å². The number of amides is 2. The van der Waals surface area contributed by atoms with E-state index in [9.17, 15) is 9.59 Å². The highest BCUT2D eigenvalue weighted by atomic mass is 16.5. The van der Waals surface area contributed by atoms with Crippen molar-refractivity contribution < 1.29 is 18.7 Å². The maximum atomic E-state index is 12.7. The number of rotatable bonds is 8. The molecule has 3 rings (SSSR count). The summed E-state index contributed by atoms with van der Waals surface area (Å²) < 4.78 is 11.1. The lowest BCUT2D eigenvalue weighted by atomic mass is 10.1. The van der Waals surface area contributed by atoms with Gasteiger partial charge in [-0.2, -0.15) is 0 Å². The molecule has 0 radical (unpaired) electrons. The summed E-state index contributed by atoms with van der Waals surface area (Å²) in [5.74, 6) is 0.840. The molecule has 0 spiro atoms. The SMILES string of the molecule is CCC(Oc1ccccc1C)C(=O)Nc1cccc(C(=O)NCc2ccco2)c1. The minimum atomic E-state index is -0.632. The fourth-order valence-corrected chi connectivity index (χ4v) is 2.81. The Morgan fingerprint density at radius 3 is 2.62 bits per heavy atom. The Morgan fingerprint density at radius 1 is 1.07 bits per heavy atom. The first-order chi connectivity index (χ1) is 14.1. The van der Waals surface area contributed by atoms with E-state index in [1.165, 1.54) is 0 Å². The van der Waals surface area contributed by atoms with Crippen molar-refractivity contribution in [2.24, 2.45) is 0 Å². The number of hydrogen-bond acceptors (Lipinski definition) is 4. The summed E-state index contributed by atoms with van der Waals surface area (Å²) in [6.45, 7) is 4.12. The van der Waals surface area contributed by atoms with Gasteiger partial charge in [0, 0.05) is 11.3 Å². The number of nitrogens with one attached hydrogen (secondary N) is 2. The lowest BCUT2D eigenvalue weighted by Crippen LogP contribution is -2.32. The van der Waals surface area contributed by atoms with E-state index < -0.39 is 6.10 Å². The van der Waals surface area contributed by atoms with Gasteiger partial charge in [-0.05, 0) is 55.3 Å². The van der Waals surface area contributed by atoms with Gasteiger partial charge in [-0.15, -0.1) is 0 Å². The van der Waals surface area contributed by atoms with Gasteiger partial charge in [0.1, 0.15) is 11.5 Å². The van der Waals surface area contributed by atoms with Gasteiger partial charge in [0.15, 0.2) is 6.10 Å². The Morgan fingerprint density at radius 2 is 1.90 bits per heavy atom. The summed E-state index contributed by atoms with van der Waals surface area (Å²) in [7, 11) is 0. The highest BCUT2D eigenvalue weighted by molar-refractivity contribution is 5.98. The van der Waals surface area contributed by atoms with Crippen LogP contribution in [-0.2, 0) is 11.3 Å². The van der Waals surface area contributed by atoms with Crippen molar-refractivity contribution in [3.63, 3.8) is 0 Å². The van der Waals surface area contributed by atoms with Crippen LogP contribution in [0.25, 0.3) is 0 Å². The van der Waals surface area contributed by atoms with Crippen LogP contribution in [0.4, 0.5) is 5.69 Å². The molecule has 6 heteroatoms. The summed E-state index contributed by atoms with van der Waals surface area (Å²) in [6.07, 6.45) is 1.44. The molecule has 0 bridgehead atoms. The normalized spacial score (nSPS) is 11.5. The van der Waals surface area contributed by atoms with Crippen LogP contribution in [-0.4, -0.2) is 17.9 Å². The molecule has 3 aromatic rings. The lowest BCUT2D eigenvalue weighted by molar-refractivity contribution is -0.122. The molecule has 0 aliphatic heterocycles. The molecule has 150 valence electrons. The van der Waals surface area contributed by atoms with Crippen molar-refractivity contribution in [3.05, 3.63) is 83.8 Å². The first-order valence-electron chi connectivity index (χ1n) is 9.50. The second kappa shape index (κ2) is 9.59. The number of hydrogen-bond donors (Lipinski definition) is 2. The molecule has 29 heavy (non-hydrogen) atoms. The van der Waals surface area contributed by atoms with Gasteiger partial charge in [0.05, 0.1) is 12.8 Å². The molecule has 0 saturated carbocycles. The molecule has 0 aliphatic carbocycles. The van der Waals surface area contributed by atoms with Crippen LogP contribution in [0.1, 0.15) is 35.0 Å². The van der Waals surface area contributed by atoms with Crippen molar-refractivity contribution in [1.29, 1.82) is 0 Å². The van der Waals surface area contributed by atoms with E-state index in [0.717, 1.165) is 5.56 Å². The number of anilines is 1. The monoisotopic (exact) mass is 392 g/mol. The molecule has 1 aromatic heterocycles. The van der Waals surface area contributed by atoms with Crippen molar-refractivity contribution >= 4 is 17.5 Å². The number of carbonyl (C=O) groups is 2. The Kier molecular flexibility index (Phi) is 6.68. The Bertz CT molecular complexity index is 967. The average molecular weight is 392 g/mol. The maximum absolute atomic E-state index is 12.7. The van der Waals surface area contributed by atoms with Crippen LogP contribution in [0.2, 0.25) is 0 Å². The molecule has 2 aromatic carbocycles. The van der Waals surface area contributed by atoms with Gasteiger partial charge in [-0.1, -0.05) is 31.2 Å². The quantitative estimate of drug-likeness (QED) is 0.598. The van der Waals surface area contributed by atoms with Crippen LogP contribution in [0.5, 0.6) is 5.75 Å². The Balaban J connectivity index is 1.62. The summed E-state index contributed by atoms with van der Waals surface area (Å²) in [6, 6.07) is 17.9. The summed E-state index contributed by atoms with van der Waals surface area (Å²) >= 11 is 0. The van der Waals surface area contributed by atoms with Crippen molar-refractivity contribution in [3.8, 4) is 5.75 Å². The van der Waals surface area contributed by atoms with E-state index in [-0.39, 0.29) is 11.8 Å². The number of para-hydroxylation sites is 1. The van der Waals surface area contributed by atoms with Gasteiger partial charge in [0.2, 0.25) is 0 Å². The van der Waals surface area contributed by atoms with Gasteiger partial charge in [-0.3, -0.25) is 9.59 Å². The molecule has 0 saturated heterocycles. The van der Waals surface area contributed by atoms with E-state index in [2.05, 4.69) is 10.6 Å². The smallest absolute Gasteiger partial charge is 0.265 e. The lowest BCUT2D eigenvalue weighted by Gasteiger charge is -2.18. The standard InChI is InChI=1S/C23H24N2O4/c1-3-20(29-21-12-5-4-8-16(21)2)23(27)25-18-10-6-9-17(14-18)22(26)24-15-19-11-7-13-28-19/h4-14,20H,3,15H2,1-2H3,(H,24,26)(H,25,27). The Hall–Kier alpha value is -3.54. The third-order valence-corrected chi connectivity index (χ3v) is 4.42. The second-order valence-electron chi connectivity index (χ2n) is 6.61. The first kappa shape index (κ1) is 20.2. The number of carbonyl (C=O) groups excluding carboxylic acids is 2. The van der Waals surface area contributed by atoms with Gasteiger partial charge in [-0.25, -0.2) is 0 Å². The fraction of sp³-hybridized carbons (Fsp3) is 0.217. The molecule has 1 heterocycles. The molecule has 1 atom stereocenters. The number of furan rings is 1. The van der Waals surface area contributed by atoms with E-state index in [1.54, 1.807) is 42.7 Å². The number of benzene rings is 2. The van der Waals surface area contributed by atoms with Gasteiger partial charge in [0.25, 0.3) is 11.8 Å². The first-order valence-corrected chi connectivity index (χ1v) is 9.50. The molecule has 2 N–H and O–H groups in total. The number of aryl methyl sites for hydroxylation is 1. The molecular formula is C23H24N2O4. The van der Waals surface area contributed by atoms with Crippen molar-refractivity contribution in [2.75, 3.05) is 5.32 Å².